The summed E-state index contributed by atoms with van der Waals surface area (Å²) in [7, 11) is -0.894. The number of hydrogen-bond donors (Lipinski definition) is 0. The number of rotatable bonds is 7. The number of carbonyl (C=O) groups excluding carboxylic acids is 1. The van der Waals surface area contributed by atoms with Gasteiger partial charge in [0, 0.05) is 6.42 Å². The summed E-state index contributed by atoms with van der Waals surface area (Å²) in [5.41, 5.74) is 0. The van der Waals surface area contributed by atoms with Crippen LogP contribution >= 0.6 is 0 Å². The van der Waals surface area contributed by atoms with Crippen molar-refractivity contribution in [3.8, 4) is 0 Å². The Balaban J connectivity index is 1.75. The summed E-state index contributed by atoms with van der Waals surface area (Å²) < 4.78 is 10.6. The van der Waals surface area contributed by atoms with E-state index in [-0.39, 0.29) is 5.76 Å². The maximum Gasteiger partial charge on any atom is 0.374 e. The van der Waals surface area contributed by atoms with Crippen LogP contribution in [-0.4, -0.2) is 21.4 Å². The van der Waals surface area contributed by atoms with Crippen LogP contribution < -0.4 is 10.4 Å². The minimum atomic E-state index is -0.894. The minimum absolute atomic E-state index is 0.282. The van der Waals surface area contributed by atoms with Gasteiger partial charge in [-0.1, -0.05) is 71.0 Å². The molecule has 3 rings (SSSR count). The van der Waals surface area contributed by atoms with E-state index >= 15 is 0 Å². The average molecular weight is 349 g/mol. The molecule has 1 radical (unpaired) electrons. The van der Waals surface area contributed by atoms with Gasteiger partial charge in [0.1, 0.15) is 14.6 Å². The second-order valence-electron chi connectivity index (χ2n) is 5.70. The number of furan rings is 1. The Hall–Kier alpha value is -2.59. The first-order valence-corrected chi connectivity index (χ1v) is 10.2. The third kappa shape index (κ3) is 4.48. The van der Waals surface area contributed by atoms with E-state index in [2.05, 4.69) is 48.5 Å². The highest BCUT2D eigenvalue weighted by atomic mass is 28.3. The molecule has 0 unspecified atom stereocenters. The smallest absolute Gasteiger partial charge is 0.374 e. The predicted octanol–water partition coefficient (Wildman–Crippen LogP) is 3.31. The highest BCUT2D eigenvalue weighted by molar-refractivity contribution is 6.85. The van der Waals surface area contributed by atoms with Gasteiger partial charge < -0.3 is 9.15 Å². The molecule has 0 N–H and O–H groups in total. The zero-order valence-electron chi connectivity index (χ0n) is 14.3. The van der Waals surface area contributed by atoms with Crippen LogP contribution in [0.1, 0.15) is 23.2 Å². The molecule has 1 heterocycles. The fourth-order valence-corrected chi connectivity index (χ4v) is 5.40. The fraction of sp³-hybridized carbons (Fsp3) is 0.190. The molecule has 1 aromatic heterocycles. The van der Waals surface area contributed by atoms with Crippen LogP contribution in [0.5, 0.6) is 0 Å². The van der Waals surface area contributed by atoms with Gasteiger partial charge in [-0.2, -0.15) is 0 Å². The predicted molar refractivity (Wildman–Crippen MR) is 101 cm³/mol. The van der Waals surface area contributed by atoms with Gasteiger partial charge in [0.15, 0.2) is 0 Å². The summed E-state index contributed by atoms with van der Waals surface area (Å²) in [4.78, 5) is 11.7. The lowest BCUT2D eigenvalue weighted by molar-refractivity contribution is 0.0488. The quantitative estimate of drug-likeness (QED) is 0.485. The first-order valence-electron chi connectivity index (χ1n) is 8.50. The van der Waals surface area contributed by atoms with Crippen molar-refractivity contribution in [2.24, 2.45) is 0 Å². The number of benzene rings is 2. The number of aryl methyl sites for hydroxylation is 1. The Bertz CT molecular complexity index is 757. The van der Waals surface area contributed by atoms with Crippen molar-refractivity contribution in [3.05, 3.63) is 84.3 Å². The van der Waals surface area contributed by atoms with Crippen molar-refractivity contribution in [3.63, 3.8) is 0 Å². The molecule has 0 aliphatic rings. The van der Waals surface area contributed by atoms with E-state index in [1.54, 1.807) is 13.0 Å². The molecule has 25 heavy (non-hydrogen) atoms. The molecule has 0 aliphatic heterocycles. The molecule has 0 fully saturated rings. The molecule has 0 aliphatic carbocycles. The molecule has 3 nitrogen and oxygen atoms in total. The molecule has 0 bridgehead atoms. The van der Waals surface area contributed by atoms with Crippen LogP contribution in [0.2, 0.25) is 6.04 Å². The molecule has 2 aromatic carbocycles. The fourth-order valence-electron chi connectivity index (χ4n) is 2.81. The highest BCUT2D eigenvalue weighted by Gasteiger charge is 2.18. The average Bonchev–Trinajstić information content (AvgIpc) is 3.13. The van der Waals surface area contributed by atoms with E-state index in [0.29, 0.717) is 6.61 Å². The molecule has 0 atom stereocenters. The van der Waals surface area contributed by atoms with Gasteiger partial charge in [-0.05, 0) is 25.1 Å². The molecule has 0 saturated heterocycles. The van der Waals surface area contributed by atoms with E-state index in [4.69, 9.17) is 9.15 Å². The maximum absolute atomic E-state index is 11.7. The van der Waals surface area contributed by atoms with Gasteiger partial charge in [-0.3, -0.25) is 0 Å². The summed E-state index contributed by atoms with van der Waals surface area (Å²) in [5.74, 6) is 0.716. The Kier molecular flexibility index (Phi) is 5.85. The standard InChI is InChI=1S/C21H21O3Si/c1-2-23-21(22)20-14-13-17(24-20)15-16-25(18-9-5-3-6-10-18)19-11-7-4-8-12-19/h3-14H,2,15-16H2,1H3. The molecule has 127 valence electrons. The van der Waals surface area contributed by atoms with E-state index < -0.39 is 14.8 Å². The summed E-state index contributed by atoms with van der Waals surface area (Å²) >= 11 is 0. The van der Waals surface area contributed by atoms with E-state index in [9.17, 15) is 4.79 Å². The Morgan fingerprint density at radius 1 is 0.920 bits per heavy atom. The second kappa shape index (κ2) is 8.49. The molecule has 3 aromatic rings. The molecular weight excluding hydrogens is 328 g/mol. The van der Waals surface area contributed by atoms with Gasteiger partial charge in [0.25, 0.3) is 0 Å². The topological polar surface area (TPSA) is 39.4 Å². The number of carbonyl (C=O) groups is 1. The van der Waals surface area contributed by atoms with Crippen LogP contribution in [0.25, 0.3) is 0 Å². The SMILES string of the molecule is CCOC(=O)c1ccc(CC[Si](c2ccccc2)c2ccccc2)o1. The summed E-state index contributed by atoms with van der Waals surface area (Å²) in [6.07, 6.45) is 0.803. The third-order valence-corrected chi connectivity index (χ3v) is 6.81. The summed E-state index contributed by atoms with van der Waals surface area (Å²) in [6, 6.07) is 25.9. The normalized spacial score (nSPS) is 10.8. The molecule has 4 heteroatoms. The zero-order valence-corrected chi connectivity index (χ0v) is 15.3. The number of esters is 1. The number of ether oxygens (including phenoxy) is 1. The van der Waals surface area contributed by atoms with Crippen LogP contribution in [0.15, 0.2) is 77.2 Å². The number of hydrogen-bond acceptors (Lipinski definition) is 3. The summed E-state index contributed by atoms with van der Waals surface area (Å²) in [6.45, 7) is 2.14. The van der Waals surface area contributed by atoms with Crippen molar-refractivity contribution >= 4 is 25.1 Å². The van der Waals surface area contributed by atoms with Crippen LogP contribution in [0.4, 0.5) is 0 Å². The largest absolute Gasteiger partial charge is 0.460 e. The van der Waals surface area contributed by atoms with Crippen LogP contribution in [0, 0.1) is 0 Å². The Morgan fingerprint density at radius 3 is 2.08 bits per heavy atom. The van der Waals surface area contributed by atoms with Crippen molar-refractivity contribution < 1.29 is 13.9 Å². The van der Waals surface area contributed by atoms with Gasteiger partial charge in [-0.15, -0.1) is 0 Å². The first-order chi connectivity index (χ1) is 12.3. The monoisotopic (exact) mass is 349 g/mol. The molecule has 0 saturated carbocycles. The lowest BCUT2D eigenvalue weighted by atomic mass is 10.3. The highest BCUT2D eigenvalue weighted by Crippen LogP contribution is 2.13. The van der Waals surface area contributed by atoms with Crippen LogP contribution in [-0.2, 0) is 11.2 Å². The maximum atomic E-state index is 11.7. The van der Waals surface area contributed by atoms with Crippen molar-refractivity contribution in [1.29, 1.82) is 0 Å². The first kappa shape index (κ1) is 17.2. The van der Waals surface area contributed by atoms with Crippen molar-refractivity contribution in [2.45, 2.75) is 19.4 Å². The minimum Gasteiger partial charge on any atom is -0.460 e. The van der Waals surface area contributed by atoms with Gasteiger partial charge in [0.05, 0.1) is 6.61 Å². The van der Waals surface area contributed by atoms with Gasteiger partial charge in [-0.25, -0.2) is 4.79 Å². The zero-order chi connectivity index (χ0) is 17.5. The second-order valence-corrected chi connectivity index (χ2v) is 8.31. The van der Waals surface area contributed by atoms with Gasteiger partial charge in [0.2, 0.25) is 5.76 Å². The summed E-state index contributed by atoms with van der Waals surface area (Å²) in [5, 5.41) is 2.77. The Labute approximate surface area is 149 Å². The van der Waals surface area contributed by atoms with Gasteiger partial charge >= 0.3 is 5.97 Å². The van der Waals surface area contributed by atoms with E-state index in [1.165, 1.54) is 10.4 Å². The Morgan fingerprint density at radius 2 is 1.52 bits per heavy atom. The third-order valence-electron chi connectivity index (χ3n) is 4.00. The van der Waals surface area contributed by atoms with E-state index in [1.807, 2.05) is 18.2 Å². The molecular formula is C21H21O3Si. The van der Waals surface area contributed by atoms with Crippen LogP contribution in [0.3, 0.4) is 0 Å². The molecule has 0 spiro atoms. The molecule has 0 amide bonds. The lowest BCUT2D eigenvalue weighted by Gasteiger charge is -2.15. The van der Waals surface area contributed by atoms with Crippen molar-refractivity contribution in [1.82, 2.24) is 0 Å². The van der Waals surface area contributed by atoms with Crippen molar-refractivity contribution in [2.75, 3.05) is 6.61 Å². The lowest BCUT2D eigenvalue weighted by Crippen LogP contribution is -2.42. The van der Waals surface area contributed by atoms with E-state index in [0.717, 1.165) is 18.2 Å².